The van der Waals surface area contributed by atoms with Crippen LogP contribution in [0.3, 0.4) is 0 Å². The van der Waals surface area contributed by atoms with Crippen LogP contribution in [-0.2, 0) is 4.79 Å². The van der Waals surface area contributed by atoms with Gasteiger partial charge in [0.1, 0.15) is 0 Å². The van der Waals surface area contributed by atoms with Crippen LogP contribution in [0.4, 0.5) is 11.4 Å². The fraction of sp³-hybridized carbons (Fsp3) is 0.417. The number of amides is 1. The Morgan fingerprint density at radius 2 is 2.22 bits per heavy atom. The van der Waals surface area contributed by atoms with Crippen molar-refractivity contribution in [2.24, 2.45) is 0 Å². The maximum Gasteiger partial charge on any atom is 0.257 e. The van der Waals surface area contributed by atoms with Crippen LogP contribution in [0.5, 0.6) is 0 Å². The maximum atomic E-state index is 11.4. The minimum atomic E-state index is -1.09. The third-order valence-electron chi connectivity index (χ3n) is 2.98. The summed E-state index contributed by atoms with van der Waals surface area (Å²) in [6, 6.07) is 3.58. The molecule has 3 N–H and O–H groups in total. The molecule has 1 aromatic carbocycles. The van der Waals surface area contributed by atoms with Crippen molar-refractivity contribution < 1.29 is 15.0 Å². The van der Waals surface area contributed by atoms with Crippen molar-refractivity contribution in [2.45, 2.75) is 12.5 Å². The van der Waals surface area contributed by atoms with Gasteiger partial charge >= 0.3 is 0 Å². The molecule has 0 saturated carbocycles. The number of nitrogens with zero attached hydrogens (tertiary/aromatic N) is 1. The normalized spacial score (nSPS) is 17.6. The SMILES string of the molecule is CN(CCCO)c1cc2c(cc1Br)C(O)C(=O)N2. The van der Waals surface area contributed by atoms with E-state index in [4.69, 9.17) is 5.11 Å². The van der Waals surface area contributed by atoms with Gasteiger partial charge in [-0.1, -0.05) is 0 Å². The predicted octanol–water partition coefficient (Wildman–Crippen LogP) is 1.25. The number of aliphatic hydroxyl groups excluding tert-OH is 2. The van der Waals surface area contributed by atoms with Crippen molar-refractivity contribution in [1.29, 1.82) is 0 Å². The highest BCUT2D eigenvalue weighted by molar-refractivity contribution is 9.10. The molecule has 5 nitrogen and oxygen atoms in total. The van der Waals surface area contributed by atoms with Gasteiger partial charge in [0.25, 0.3) is 5.91 Å². The van der Waals surface area contributed by atoms with Gasteiger partial charge in [0.2, 0.25) is 0 Å². The number of nitrogens with one attached hydrogen (secondary N) is 1. The summed E-state index contributed by atoms with van der Waals surface area (Å²) in [5, 5.41) is 21.1. The summed E-state index contributed by atoms with van der Waals surface area (Å²) in [7, 11) is 1.91. The standard InChI is InChI=1S/C12H15BrN2O3/c1-15(3-2-4-16)10-6-9-7(5-8(10)13)11(17)12(18)14-9/h5-6,11,16-17H,2-4H2,1H3,(H,14,18). The number of fused-ring (bicyclic) bond motifs is 1. The summed E-state index contributed by atoms with van der Waals surface area (Å²) in [5.41, 5.74) is 2.14. The molecule has 0 saturated heterocycles. The smallest absolute Gasteiger partial charge is 0.257 e. The van der Waals surface area contributed by atoms with Crippen molar-refractivity contribution in [2.75, 3.05) is 30.4 Å². The zero-order valence-corrected chi connectivity index (χ0v) is 11.6. The van der Waals surface area contributed by atoms with E-state index in [9.17, 15) is 9.90 Å². The molecular weight excluding hydrogens is 300 g/mol. The largest absolute Gasteiger partial charge is 0.396 e. The lowest BCUT2D eigenvalue weighted by Crippen LogP contribution is -2.20. The zero-order chi connectivity index (χ0) is 13.3. The van der Waals surface area contributed by atoms with Crippen molar-refractivity contribution in [1.82, 2.24) is 0 Å². The van der Waals surface area contributed by atoms with E-state index in [0.29, 0.717) is 24.2 Å². The minimum absolute atomic E-state index is 0.141. The lowest BCUT2D eigenvalue weighted by Gasteiger charge is -2.21. The molecule has 1 aliphatic heterocycles. The number of benzene rings is 1. The van der Waals surface area contributed by atoms with Crippen LogP contribution in [0.15, 0.2) is 16.6 Å². The second-order valence-corrected chi connectivity index (χ2v) is 5.14. The highest BCUT2D eigenvalue weighted by Gasteiger charge is 2.29. The Morgan fingerprint density at radius 3 is 2.89 bits per heavy atom. The number of hydrogen-bond donors (Lipinski definition) is 3. The van der Waals surface area contributed by atoms with Gasteiger partial charge in [-0.2, -0.15) is 0 Å². The van der Waals surface area contributed by atoms with Gasteiger partial charge in [-0.3, -0.25) is 4.79 Å². The molecule has 0 aliphatic carbocycles. The van der Waals surface area contributed by atoms with Gasteiger partial charge in [0.05, 0.1) is 5.69 Å². The molecule has 6 heteroatoms. The highest BCUT2D eigenvalue weighted by Crippen LogP contribution is 2.38. The van der Waals surface area contributed by atoms with Crippen LogP contribution in [0.2, 0.25) is 0 Å². The van der Waals surface area contributed by atoms with Crippen molar-refractivity contribution >= 4 is 33.2 Å². The summed E-state index contributed by atoms with van der Waals surface area (Å²) in [6.07, 6.45) is -0.414. The van der Waals surface area contributed by atoms with Crippen LogP contribution in [0.25, 0.3) is 0 Å². The van der Waals surface area contributed by atoms with Crippen molar-refractivity contribution in [3.63, 3.8) is 0 Å². The van der Waals surface area contributed by atoms with E-state index in [-0.39, 0.29) is 6.61 Å². The van der Waals surface area contributed by atoms with Crippen LogP contribution in [0.1, 0.15) is 18.1 Å². The quantitative estimate of drug-likeness (QED) is 0.782. The van der Waals surface area contributed by atoms with Gasteiger partial charge in [-0.15, -0.1) is 0 Å². The van der Waals surface area contributed by atoms with E-state index in [2.05, 4.69) is 21.2 Å². The minimum Gasteiger partial charge on any atom is -0.396 e. The molecule has 98 valence electrons. The third-order valence-corrected chi connectivity index (χ3v) is 3.62. The molecule has 0 spiro atoms. The molecule has 0 radical (unpaired) electrons. The highest BCUT2D eigenvalue weighted by atomic mass is 79.9. The monoisotopic (exact) mass is 314 g/mol. The number of carbonyl (C=O) groups excluding carboxylic acids is 1. The zero-order valence-electron chi connectivity index (χ0n) is 9.98. The number of aliphatic hydroxyl groups is 2. The van der Waals surface area contributed by atoms with Gasteiger partial charge in [-0.25, -0.2) is 0 Å². The van der Waals surface area contributed by atoms with Crippen LogP contribution >= 0.6 is 15.9 Å². The number of carbonyl (C=O) groups is 1. The summed E-state index contributed by atoms with van der Waals surface area (Å²) in [4.78, 5) is 13.4. The van der Waals surface area contributed by atoms with Gasteiger partial charge < -0.3 is 20.4 Å². The molecule has 1 amide bonds. The second kappa shape index (κ2) is 5.26. The fourth-order valence-corrected chi connectivity index (χ4v) is 2.64. The van der Waals surface area contributed by atoms with E-state index in [1.165, 1.54) is 0 Å². The lowest BCUT2D eigenvalue weighted by molar-refractivity contribution is -0.123. The Balaban J connectivity index is 2.29. The molecule has 18 heavy (non-hydrogen) atoms. The maximum absolute atomic E-state index is 11.4. The second-order valence-electron chi connectivity index (χ2n) is 4.28. The summed E-state index contributed by atoms with van der Waals surface area (Å²) >= 11 is 3.44. The molecule has 1 atom stereocenters. The van der Waals surface area contributed by atoms with Gasteiger partial charge in [-0.05, 0) is 34.5 Å². The first-order valence-corrected chi connectivity index (χ1v) is 6.48. The number of rotatable bonds is 4. The average Bonchev–Trinajstić information content (AvgIpc) is 2.62. The van der Waals surface area contributed by atoms with E-state index < -0.39 is 12.0 Å². The molecule has 0 bridgehead atoms. The van der Waals surface area contributed by atoms with Crippen LogP contribution in [-0.4, -0.2) is 36.3 Å². The lowest BCUT2D eigenvalue weighted by atomic mass is 10.1. The first-order valence-electron chi connectivity index (χ1n) is 5.69. The Labute approximate surface area is 114 Å². The molecular formula is C12H15BrN2O3. The first kappa shape index (κ1) is 13.3. The number of hydrogen-bond acceptors (Lipinski definition) is 4. The van der Waals surface area contributed by atoms with Crippen molar-refractivity contribution in [3.8, 4) is 0 Å². The number of halogens is 1. The predicted molar refractivity (Wildman–Crippen MR) is 72.7 cm³/mol. The van der Waals surface area contributed by atoms with E-state index >= 15 is 0 Å². The molecule has 0 fully saturated rings. The van der Waals surface area contributed by atoms with Gasteiger partial charge in [0, 0.05) is 35.9 Å². The van der Waals surface area contributed by atoms with Crippen LogP contribution < -0.4 is 10.2 Å². The Morgan fingerprint density at radius 1 is 1.50 bits per heavy atom. The van der Waals surface area contributed by atoms with Gasteiger partial charge in [0.15, 0.2) is 6.10 Å². The molecule has 0 aromatic heterocycles. The van der Waals surface area contributed by atoms with E-state index in [0.717, 1.165) is 10.2 Å². The molecule has 1 heterocycles. The average molecular weight is 315 g/mol. The molecule has 1 unspecified atom stereocenters. The molecule has 2 rings (SSSR count). The van der Waals surface area contributed by atoms with Crippen molar-refractivity contribution in [3.05, 3.63) is 22.2 Å². The molecule has 1 aromatic rings. The topological polar surface area (TPSA) is 72.8 Å². The molecule has 1 aliphatic rings. The summed E-state index contributed by atoms with van der Waals surface area (Å²) in [6.45, 7) is 0.854. The number of anilines is 2. The summed E-state index contributed by atoms with van der Waals surface area (Å²) < 4.78 is 0.817. The third kappa shape index (κ3) is 2.36. The van der Waals surface area contributed by atoms with E-state index in [1.54, 1.807) is 6.07 Å². The van der Waals surface area contributed by atoms with E-state index in [1.807, 2.05) is 18.0 Å². The first-order chi connectivity index (χ1) is 8.54. The Kier molecular flexibility index (Phi) is 3.89. The Hall–Kier alpha value is -1.11. The fourth-order valence-electron chi connectivity index (χ4n) is 1.97. The van der Waals surface area contributed by atoms with Crippen LogP contribution in [0, 0.1) is 0 Å². The summed E-state index contributed by atoms with van der Waals surface area (Å²) in [5.74, 6) is -0.396. The Bertz CT molecular complexity index is 479.